The predicted octanol–water partition coefficient (Wildman–Crippen LogP) is 8.66. The van der Waals surface area contributed by atoms with Gasteiger partial charge in [0.2, 0.25) is 23.6 Å². The third-order valence-corrected chi connectivity index (χ3v) is 18.1. The molecule has 8 heterocycles. The van der Waals surface area contributed by atoms with E-state index in [4.69, 9.17) is 21.3 Å². The maximum Gasteiger partial charge on any atom is 0.266 e. The van der Waals surface area contributed by atoms with Gasteiger partial charge in [-0.1, -0.05) is 48.0 Å². The van der Waals surface area contributed by atoms with Crippen molar-refractivity contribution < 1.29 is 28.7 Å². The summed E-state index contributed by atoms with van der Waals surface area (Å²) in [5, 5.41) is 6.80. The van der Waals surface area contributed by atoms with E-state index in [1.54, 1.807) is 6.20 Å². The quantitative estimate of drug-likeness (QED) is 0.123. The molecule has 376 valence electrons. The molecule has 3 aromatic carbocycles. The molecular weight excluding hydrogens is 948 g/mol. The number of thiazole rings is 1. The highest BCUT2D eigenvalue weighted by molar-refractivity contribution is 7.22. The number of aromatic nitrogens is 2. The SMILES string of the molecule is O=C1CCC(c2cncc(N3CCC(CN4CCC(CC5CCN(C(=O)C6(Oc7ccccc7-c7nc8cccc(Cl)c8s7)CCN(C(=O)[C@H]7CC(=O)Nc8ccccc87)CC6)CC5)CC4)CC3)c2)C(=O)N1. The Morgan fingerprint density at radius 3 is 2.24 bits per heavy atom. The van der Waals surface area contributed by atoms with Crippen LogP contribution in [-0.4, -0.2) is 119 Å². The van der Waals surface area contributed by atoms with Gasteiger partial charge in [0.05, 0.1) is 44.5 Å². The molecule has 2 atom stereocenters. The summed E-state index contributed by atoms with van der Waals surface area (Å²) in [5.41, 5.74) is 3.85. The lowest BCUT2D eigenvalue weighted by Gasteiger charge is -2.45. The lowest BCUT2D eigenvalue weighted by molar-refractivity contribution is -0.157. The van der Waals surface area contributed by atoms with E-state index < -0.39 is 11.5 Å². The van der Waals surface area contributed by atoms with Gasteiger partial charge in [0.25, 0.3) is 5.91 Å². The van der Waals surface area contributed by atoms with Crippen molar-refractivity contribution >= 4 is 74.1 Å². The fraction of sp³-hybridized carbons (Fsp3) is 0.482. The topological polar surface area (TPSA) is 157 Å². The number of ether oxygens (including phenoxy) is 1. The molecule has 11 rings (SSSR count). The molecule has 5 aromatic rings. The maximum absolute atomic E-state index is 15.2. The largest absolute Gasteiger partial charge is 0.477 e. The summed E-state index contributed by atoms with van der Waals surface area (Å²) in [6, 6.07) is 23.1. The number of likely N-dealkylation sites (tertiary alicyclic amines) is 3. The molecule has 2 aromatic heterocycles. The van der Waals surface area contributed by atoms with Crippen molar-refractivity contribution in [3.05, 3.63) is 101 Å². The molecule has 0 spiro atoms. The second-order valence-corrected chi connectivity index (χ2v) is 22.4. The summed E-state index contributed by atoms with van der Waals surface area (Å²) < 4.78 is 7.99. The Morgan fingerprint density at radius 2 is 1.47 bits per heavy atom. The van der Waals surface area contributed by atoms with E-state index in [1.807, 2.05) is 82.7 Å². The van der Waals surface area contributed by atoms with Crippen LogP contribution in [0.5, 0.6) is 5.75 Å². The van der Waals surface area contributed by atoms with E-state index in [0.717, 1.165) is 96.0 Å². The fourth-order valence-electron chi connectivity index (χ4n) is 12.4. The van der Waals surface area contributed by atoms with Crippen molar-refractivity contribution in [3.63, 3.8) is 0 Å². The number of para-hydroxylation sites is 2. The predicted molar refractivity (Wildman–Crippen MR) is 279 cm³/mol. The summed E-state index contributed by atoms with van der Waals surface area (Å²) >= 11 is 8.10. The molecule has 6 aliphatic rings. The van der Waals surface area contributed by atoms with Crippen molar-refractivity contribution in [2.75, 3.05) is 69.1 Å². The van der Waals surface area contributed by atoms with Gasteiger partial charge in [-0.15, -0.1) is 11.3 Å². The molecule has 14 nitrogen and oxygen atoms in total. The summed E-state index contributed by atoms with van der Waals surface area (Å²) in [6.45, 7) is 7.36. The number of amides is 5. The molecule has 0 radical (unpaired) electrons. The van der Waals surface area contributed by atoms with Gasteiger partial charge < -0.3 is 29.7 Å². The minimum absolute atomic E-state index is 0.0193. The number of carbonyl (C=O) groups excluding carboxylic acids is 5. The average molecular weight is 1010 g/mol. The molecule has 5 fully saturated rings. The van der Waals surface area contributed by atoms with Crippen molar-refractivity contribution in [3.8, 4) is 16.3 Å². The van der Waals surface area contributed by atoms with Crippen LogP contribution in [0.1, 0.15) is 100 Å². The van der Waals surface area contributed by atoms with Crippen LogP contribution >= 0.6 is 22.9 Å². The zero-order chi connectivity index (χ0) is 49.3. The van der Waals surface area contributed by atoms with Gasteiger partial charge in [-0.3, -0.25) is 34.3 Å². The number of nitrogens with zero attached hydrogens (tertiary/aromatic N) is 6. The molecule has 72 heavy (non-hydrogen) atoms. The lowest BCUT2D eigenvalue weighted by atomic mass is 9.81. The van der Waals surface area contributed by atoms with Crippen LogP contribution in [-0.2, 0) is 24.0 Å². The van der Waals surface area contributed by atoms with Crippen LogP contribution in [0.4, 0.5) is 11.4 Å². The Hall–Kier alpha value is -5.90. The van der Waals surface area contributed by atoms with Gasteiger partial charge in [-0.05, 0) is 130 Å². The first kappa shape index (κ1) is 48.4. The Kier molecular flexibility index (Phi) is 14.0. The zero-order valence-corrected chi connectivity index (χ0v) is 42.3. The first-order chi connectivity index (χ1) is 35.1. The van der Waals surface area contributed by atoms with Crippen LogP contribution in [0.15, 0.2) is 85.2 Å². The summed E-state index contributed by atoms with van der Waals surface area (Å²) in [5.74, 6) is 0.878. The molecule has 0 bridgehead atoms. The molecule has 0 aliphatic carbocycles. The first-order valence-corrected chi connectivity index (χ1v) is 27.3. The Bertz CT molecular complexity index is 2840. The molecular formula is C56H63ClN8O6S. The second kappa shape index (κ2) is 20.9. The fourth-order valence-corrected chi connectivity index (χ4v) is 13.7. The van der Waals surface area contributed by atoms with Crippen LogP contribution in [0.3, 0.4) is 0 Å². The van der Waals surface area contributed by atoms with Gasteiger partial charge in [0.1, 0.15) is 10.8 Å². The Morgan fingerprint density at radius 1 is 0.750 bits per heavy atom. The minimum Gasteiger partial charge on any atom is -0.477 e. The number of carbonyl (C=O) groups is 5. The molecule has 0 saturated carbocycles. The van der Waals surface area contributed by atoms with E-state index in [-0.39, 0.29) is 41.9 Å². The third kappa shape index (κ3) is 10.2. The summed E-state index contributed by atoms with van der Waals surface area (Å²) in [4.78, 5) is 84.7. The van der Waals surface area contributed by atoms with Gasteiger partial charge >= 0.3 is 0 Å². The Balaban J connectivity index is 0.698. The van der Waals surface area contributed by atoms with Gasteiger partial charge in [0.15, 0.2) is 5.60 Å². The third-order valence-electron chi connectivity index (χ3n) is 16.5. The number of imide groups is 1. The summed E-state index contributed by atoms with van der Waals surface area (Å²) in [6.07, 6.45) is 13.1. The van der Waals surface area contributed by atoms with Crippen molar-refractivity contribution in [2.24, 2.45) is 17.8 Å². The maximum atomic E-state index is 15.2. The monoisotopic (exact) mass is 1010 g/mol. The zero-order valence-electron chi connectivity index (χ0n) is 40.7. The number of pyridine rings is 1. The lowest BCUT2D eigenvalue weighted by Crippen LogP contribution is -2.60. The van der Waals surface area contributed by atoms with Crippen molar-refractivity contribution in [2.45, 2.75) is 94.5 Å². The number of benzene rings is 3. The van der Waals surface area contributed by atoms with E-state index in [0.29, 0.717) is 86.1 Å². The number of hydrogen-bond donors (Lipinski definition) is 2. The van der Waals surface area contributed by atoms with E-state index in [9.17, 15) is 19.2 Å². The minimum atomic E-state index is -1.20. The average Bonchev–Trinajstić information content (AvgIpc) is 3.85. The van der Waals surface area contributed by atoms with Gasteiger partial charge in [-0.2, -0.15) is 0 Å². The number of piperidine rings is 5. The van der Waals surface area contributed by atoms with Gasteiger partial charge in [-0.25, -0.2) is 4.98 Å². The van der Waals surface area contributed by atoms with Crippen molar-refractivity contribution in [1.29, 1.82) is 0 Å². The molecule has 6 aliphatic heterocycles. The van der Waals surface area contributed by atoms with Crippen LogP contribution < -0.4 is 20.3 Å². The van der Waals surface area contributed by atoms with E-state index >= 15 is 4.79 Å². The van der Waals surface area contributed by atoms with Crippen LogP contribution in [0.2, 0.25) is 5.02 Å². The molecule has 2 N–H and O–H groups in total. The number of halogens is 1. The number of anilines is 2. The molecule has 5 saturated heterocycles. The molecule has 5 amide bonds. The van der Waals surface area contributed by atoms with Crippen molar-refractivity contribution in [1.82, 2.24) is 30.0 Å². The normalized spacial score (nSPS) is 22.6. The number of hydrogen-bond acceptors (Lipinski definition) is 11. The second-order valence-electron chi connectivity index (χ2n) is 21.0. The highest BCUT2D eigenvalue weighted by Gasteiger charge is 2.49. The number of rotatable bonds is 11. The molecule has 1 unspecified atom stereocenters. The standard InChI is InChI=1S/C56H63ClN8O6S/c57-45-8-5-10-47-51(45)72-53(60-47)43-7-2-4-11-48(43)71-56(20-28-64(29-21-56)54(69)44-32-50(67)59-46-9-3-1-6-42(44)46)55(70)65-26-16-37(17-27-65)30-36-14-22-62(23-15-36)35-38-18-24-63(25-19-38)40-31-39(33-58-34-40)41-12-13-49(66)61-52(41)68/h1-11,31,33-34,36-38,41,44H,12-30,32,35H2,(H,59,67)(H,61,66,68)/t41?,44-/m0/s1. The van der Waals surface area contributed by atoms with Crippen LogP contribution in [0.25, 0.3) is 20.8 Å². The number of fused-ring (bicyclic) bond motifs is 2. The Labute approximate surface area is 429 Å². The number of nitrogens with one attached hydrogen (secondary N) is 2. The summed E-state index contributed by atoms with van der Waals surface area (Å²) in [7, 11) is 0. The van der Waals surface area contributed by atoms with Crippen LogP contribution in [0, 0.1) is 17.8 Å². The highest BCUT2D eigenvalue weighted by atomic mass is 35.5. The highest BCUT2D eigenvalue weighted by Crippen LogP contribution is 2.43. The van der Waals surface area contributed by atoms with E-state index in [2.05, 4.69) is 31.5 Å². The smallest absolute Gasteiger partial charge is 0.266 e. The van der Waals surface area contributed by atoms with Gasteiger partial charge in [0, 0.05) is 83.4 Å². The first-order valence-electron chi connectivity index (χ1n) is 26.1. The van der Waals surface area contributed by atoms with E-state index in [1.165, 1.54) is 30.6 Å². The molecule has 16 heteroatoms.